The van der Waals surface area contributed by atoms with Gasteiger partial charge in [-0.1, -0.05) is 24.3 Å². The van der Waals surface area contributed by atoms with E-state index in [0.717, 1.165) is 26.4 Å². The molecule has 0 saturated carbocycles. The Hall–Kier alpha value is -2.17. The van der Waals surface area contributed by atoms with Crippen LogP contribution in [-0.2, 0) is 21.7 Å². The van der Waals surface area contributed by atoms with Crippen LogP contribution in [0.15, 0.2) is 54.6 Å². The number of aliphatic hydroxyl groups excluding tert-OH is 4. The highest BCUT2D eigenvalue weighted by Gasteiger charge is 2.55. The zero-order valence-electron chi connectivity index (χ0n) is 18.3. The first-order valence-electron chi connectivity index (χ1n) is 10.6. The average molecular weight is 475 g/mol. The van der Waals surface area contributed by atoms with E-state index in [4.69, 9.17) is 9.47 Å². The standard InChI is InChI=1S/C25H27FO6S/c1-14-3-6-17(25(31-2)24(30)23(29)22(28)20(13-27)32-25)11-16(14)12-19-9-10-21(33-19)15-4-7-18(26)8-5-15/h3-11,20,22-24,27-30H,12-13H2,1-2H3/t20-,22-,23+,24?,25-/m1/s1. The third-order valence-corrected chi connectivity index (χ3v) is 7.29. The topological polar surface area (TPSA) is 99.4 Å². The molecule has 4 rings (SSSR count). The largest absolute Gasteiger partial charge is 0.394 e. The zero-order chi connectivity index (χ0) is 23.8. The summed E-state index contributed by atoms with van der Waals surface area (Å²) in [4.78, 5) is 2.12. The number of halogens is 1. The van der Waals surface area contributed by atoms with Crippen molar-refractivity contribution in [2.24, 2.45) is 0 Å². The minimum absolute atomic E-state index is 0.275. The van der Waals surface area contributed by atoms with Crippen LogP contribution in [0.3, 0.4) is 0 Å². The molecule has 8 heteroatoms. The summed E-state index contributed by atoms with van der Waals surface area (Å²) in [5.74, 6) is -2.02. The van der Waals surface area contributed by atoms with Gasteiger partial charge in [0, 0.05) is 28.8 Å². The minimum atomic E-state index is -1.75. The normalized spacial score (nSPS) is 27.6. The van der Waals surface area contributed by atoms with Gasteiger partial charge in [0.25, 0.3) is 0 Å². The molecule has 4 N–H and O–H groups in total. The lowest BCUT2D eigenvalue weighted by atomic mass is 9.86. The fraction of sp³-hybridized carbons (Fsp3) is 0.360. The van der Waals surface area contributed by atoms with Gasteiger partial charge in [0.15, 0.2) is 0 Å². The van der Waals surface area contributed by atoms with Crippen molar-refractivity contribution < 1.29 is 34.3 Å². The van der Waals surface area contributed by atoms with Crippen molar-refractivity contribution in [1.82, 2.24) is 0 Å². The summed E-state index contributed by atoms with van der Waals surface area (Å²) in [7, 11) is 1.34. The molecule has 176 valence electrons. The Kier molecular flexibility index (Phi) is 6.97. The molecule has 1 aliphatic heterocycles. The van der Waals surface area contributed by atoms with Crippen molar-refractivity contribution >= 4 is 11.3 Å². The lowest BCUT2D eigenvalue weighted by Gasteiger charge is -2.47. The third kappa shape index (κ3) is 4.48. The first-order valence-corrected chi connectivity index (χ1v) is 11.4. The number of thiophene rings is 1. The van der Waals surface area contributed by atoms with Crippen LogP contribution >= 0.6 is 11.3 Å². The highest BCUT2D eigenvalue weighted by Crippen LogP contribution is 2.40. The number of aliphatic hydroxyl groups is 4. The van der Waals surface area contributed by atoms with Crippen molar-refractivity contribution in [3.8, 4) is 10.4 Å². The van der Waals surface area contributed by atoms with Gasteiger partial charge < -0.3 is 29.9 Å². The Balaban J connectivity index is 1.65. The molecule has 0 aliphatic carbocycles. The highest BCUT2D eigenvalue weighted by molar-refractivity contribution is 7.15. The zero-order valence-corrected chi connectivity index (χ0v) is 19.1. The van der Waals surface area contributed by atoms with Crippen LogP contribution in [0.25, 0.3) is 10.4 Å². The summed E-state index contributed by atoms with van der Waals surface area (Å²) in [5.41, 5.74) is 3.40. The van der Waals surface area contributed by atoms with Crippen LogP contribution in [0, 0.1) is 12.7 Å². The lowest BCUT2D eigenvalue weighted by molar-refractivity contribution is -0.366. The fourth-order valence-corrected chi connectivity index (χ4v) is 5.21. The molecule has 0 amide bonds. The summed E-state index contributed by atoms with van der Waals surface area (Å²) < 4.78 is 24.6. The molecule has 2 aromatic carbocycles. The summed E-state index contributed by atoms with van der Waals surface area (Å²) in [5, 5.41) is 40.8. The van der Waals surface area contributed by atoms with Crippen molar-refractivity contribution in [3.05, 3.63) is 82.0 Å². The number of hydrogen-bond acceptors (Lipinski definition) is 7. The van der Waals surface area contributed by atoms with Gasteiger partial charge in [0.05, 0.1) is 6.61 Å². The molecular weight excluding hydrogens is 447 g/mol. The van der Waals surface area contributed by atoms with Crippen LogP contribution in [0.2, 0.25) is 0 Å². The van der Waals surface area contributed by atoms with Crippen molar-refractivity contribution in [2.75, 3.05) is 13.7 Å². The molecule has 1 unspecified atom stereocenters. The molecule has 0 bridgehead atoms. The summed E-state index contributed by atoms with van der Waals surface area (Å²) >= 11 is 1.61. The molecule has 0 spiro atoms. The van der Waals surface area contributed by atoms with E-state index in [2.05, 4.69) is 0 Å². The van der Waals surface area contributed by atoms with E-state index in [1.54, 1.807) is 29.5 Å². The number of ether oxygens (including phenoxy) is 2. The van der Waals surface area contributed by atoms with Gasteiger partial charge in [-0.3, -0.25) is 0 Å². The van der Waals surface area contributed by atoms with E-state index in [1.807, 2.05) is 31.2 Å². The van der Waals surface area contributed by atoms with Gasteiger partial charge >= 0.3 is 0 Å². The number of rotatable bonds is 6. The predicted molar refractivity (Wildman–Crippen MR) is 122 cm³/mol. The number of aryl methyl sites for hydroxylation is 1. The maximum absolute atomic E-state index is 13.2. The van der Waals surface area contributed by atoms with Gasteiger partial charge in [-0.25, -0.2) is 4.39 Å². The number of methoxy groups -OCH3 is 1. The minimum Gasteiger partial charge on any atom is -0.394 e. The number of hydrogen-bond donors (Lipinski definition) is 4. The molecule has 2 heterocycles. The van der Waals surface area contributed by atoms with Crippen molar-refractivity contribution in [1.29, 1.82) is 0 Å². The Morgan fingerprint density at radius 1 is 1.03 bits per heavy atom. The van der Waals surface area contributed by atoms with E-state index in [1.165, 1.54) is 19.2 Å². The summed E-state index contributed by atoms with van der Waals surface area (Å²) in [6.07, 6.45) is -5.09. The number of benzene rings is 2. The second-order valence-corrected chi connectivity index (χ2v) is 9.40. The van der Waals surface area contributed by atoms with Gasteiger partial charge in [0.2, 0.25) is 5.79 Å². The molecule has 1 fully saturated rings. The molecule has 1 aromatic heterocycles. The van der Waals surface area contributed by atoms with Crippen LogP contribution in [0.5, 0.6) is 0 Å². The van der Waals surface area contributed by atoms with Crippen molar-refractivity contribution in [2.45, 2.75) is 43.5 Å². The maximum Gasteiger partial charge on any atom is 0.224 e. The average Bonchev–Trinajstić information content (AvgIpc) is 3.29. The summed E-state index contributed by atoms with van der Waals surface area (Å²) in [6, 6.07) is 15.9. The van der Waals surface area contributed by atoms with Gasteiger partial charge in [0.1, 0.15) is 30.2 Å². The van der Waals surface area contributed by atoms with E-state index < -0.39 is 36.8 Å². The Bertz CT molecular complexity index is 1100. The SMILES string of the molecule is CO[C@]1(c2ccc(C)c(Cc3ccc(-c4ccc(F)cc4)s3)c2)O[C@H](CO)[C@@H](O)[C@H](O)C1O. The van der Waals surface area contributed by atoms with Gasteiger partial charge in [-0.15, -0.1) is 11.3 Å². The van der Waals surface area contributed by atoms with Gasteiger partial charge in [-0.05, 0) is 53.9 Å². The first kappa shape index (κ1) is 24.0. The molecule has 5 atom stereocenters. The second kappa shape index (κ2) is 9.60. The smallest absolute Gasteiger partial charge is 0.224 e. The molecule has 6 nitrogen and oxygen atoms in total. The highest BCUT2D eigenvalue weighted by atomic mass is 32.1. The summed E-state index contributed by atoms with van der Waals surface area (Å²) in [6.45, 7) is 1.43. The molecule has 1 saturated heterocycles. The van der Waals surface area contributed by atoms with E-state index in [9.17, 15) is 24.8 Å². The Morgan fingerprint density at radius 2 is 1.76 bits per heavy atom. The van der Waals surface area contributed by atoms with E-state index in [-0.39, 0.29) is 5.82 Å². The fourth-order valence-electron chi connectivity index (χ4n) is 4.18. The van der Waals surface area contributed by atoms with Crippen LogP contribution in [-0.4, -0.2) is 58.6 Å². The van der Waals surface area contributed by atoms with Crippen LogP contribution < -0.4 is 0 Å². The van der Waals surface area contributed by atoms with Crippen LogP contribution in [0.1, 0.15) is 21.6 Å². The molecule has 33 heavy (non-hydrogen) atoms. The monoisotopic (exact) mass is 474 g/mol. The molecule has 1 aliphatic rings. The lowest BCUT2D eigenvalue weighted by Crippen LogP contribution is -2.64. The Morgan fingerprint density at radius 3 is 2.42 bits per heavy atom. The third-order valence-electron chi connectivity index (χ3n) is 6.16. The molecule has 0 radical (unpaired) electrons. The first-order chi connectivity index (χ1) is 15.8. The van der Waals surface area contributed by atoms with Crippen molar-refractivity contribution in [3.63, 3.8) is 0 Å². The van der Waals surface area contributed by atoms with Gasteiger partial charge in [-0.2, -0.15) is 0 Å². The van der Waals surface area contributed by atoms with E-state index >= 15 is 0 Å². The van der Waals surface area contributed by atoms with E-state index in [0.29, 0.717) is 12.0 Å². The maximum atomic E-state index is 13.2. The predicted octanol–water partition coefficient (Wildman–Crippen LogP) is 2.73. The quantitative estimate of drug-likeness (QED) is 0.439. The second-order valence-electron chi connectivity index (χ2n) is 8.23. The van der Waals surface area contributed by atoms with Crippen LogP contribution in [0.4, 0.5) is 4.39 Å². The Labute approximate surface area is 195 Å². The molecule has 3 aromatic rings. The molecular formula is C25H27FO6S.